The quantitative estimate of drug-likeness (QED) is 0.430. The van der Waals surface area contributed by atoms with Crippen LogP contribution in [0.15, 0.2) is 66.9 Å². The zero-order valence-corrected chi connectivity index (χ0v) is 21.5. The second kappa shape index (κ2) is 10.8. The Morgan fingerprint density at radius 1 is 1.05 bits per heavy atom. The molecule has 0 unspecified atom stereocenters. The Balaban J connectivity index is 1.11. The Morgan fingerprint density at radius 3 is 2.41 bits per heavy atom. The third-order valence-corrected chi connectivity index (χ3v) is 7.44. The highest BCUT2D eigenvalue weighted by Crippen LogP contribution is 2.49. The molecule has 0 radical (unpaired) electrons. The third-order valence-electron chi connectivity index (χ3n) is 7.23. The molecule has 1 saturated carbocycles. The molecule has 1 aliphatic carbocycles. The first kappa shape index (κ1) is 25.1. The number of hydrogen-bond donors (Lipinski definition) is 1. The first-order chi connectivity index (χ1) is 17.9. The monoisotopic (exact) mass is 519 g/mol. The Labute approximate surface area is 221 Å². The molecular weight excluding hydrogens is 490 g/mol. The molecule has 1 aromatic heterocycles. The van der Waals surface area contributed by atoms with E-state index in [1.54, 1.807) is 6.07 Å². The smallest absolute Gasteiger partial charge is 0.257 e. The van der Waals surface area contributed by atoms with Crippen LogP contribution in [0, 0.1) is 5.41 Å². The maximum Gasteiger partial charge on any atom is 0.257 e. The highest BCUT2D eigenvalue weighted by atomic mass is 35.5. The number of likely N-dealkylation sites (tertiary alicyclic amines) is 1. The predicted molar refractivity (Wildman–Crippen MR) is 141 cm³/mol. The number of para-hydroxylation sites is 1. The van der Waals surface area contributed by atoms with Crippen LogP contribution >= 0.6 is 11.6 Å². The van der Waals surface area contributed by atoms with Gasteiger partial charge in [-0.3, -0.25) is 9.59 Å². The van der Waals surface area contributed by atoms with E-state index < -0.39 is 0 Å². The Hall–Kier alpha value is -3.58. The summed E-state index contributed by atoms with van der Waals surface area (Å²) < 4.78 is 11.3. The van der Waals surface area contributed by atoms with Crippen molar-refractivity contribution in [3.63, 3.8) is 0 Å². The SMILES string of the molecule is CCOc1ncc(Cl)cc1C(=O)NC1CC2(CCN(C(=O)c3ccc(Oc4ccccc4)cc3)CC2)C1. The summed E-state index contributed by atoms with van der Waals surface area (Å²) in [6, 6.07) is 18.6. The minimum absolute atomic E-state index is 0.0437. The summed E-state index contributed by atoms with van der Waals surface area (Å²) >= 11 is 6.05. The van der Waals surface area contributed by atoms with Gasteiger partial charge in [-0.1, -0.05) is 29.8 Å². The van der Waals surface area contributed by atoms with Gasteiger partial charge in [-0.05, 0) is 80.5 Å². The van der Waals surface area contributed by atoms with E-state index in [-0.39, 0.29) is 23.3 Å². The van der Waals surface area contributed by atoms with Crippen LogP contribution in [0.1, 0.15) is 53.3 Å². The molecule has 0 bridgehead atoms. The number of carbonyl (C=O) groups excluding carboxylic acids is 2. The molecule has 2 aromatic carbocycles. The fraction of sp³-hybridized carbons (Fsp3) is 0.345. The molecule has 2 amide bonds. The Morgan fingerprint density at radius 2 is 1.73 bits per heavy atom. The second-order valence-electron chi connectivity index (χ2n) is 9.75. The number of halogens is 1. The average Bonchev–Trinajstić information content (AvgIpc) is 2.90. The number of ether oxygens (including phenoxy) is 2. The molecule has 0 atom stereocenters. The fourth-order valence-corrected chi connectivity index (χ4v) is 5.41. The Bertz CT molecular complexity index is 1250. The van der Waals surface area contributed by atoms with Crippen LogP contribution in [-0.4, -0.2) is 47.4 Å². The number of rotatable bonds is 7. The van der Waals surface area contributed by atoms with Gasteiger partial charge in [0.2, 0.25) is 5.88 Å². The minimum atomic E-state index is -0.217. The van der Waals surface area contributed by atoms with E-state index in [1.807, 2.05) is 66.4 Å². The molecule has 2 heterocycles. The van der Waals surface area contributed by atoms with E-state index in [0.29, 0.717) is 47.5 Å². The normalized spacial score (nSPS) is 16.6. The molecule has 5 rings (SSSR count). The molecule has 1 saturated heterocycles. The molecule has 192 valence electrons. The van der Waals surface area contributed by atoms with Crippen LogP contribution in [-0.2, 0) is 0 Å². The summed E-state index contributed by atoms with van der Waals surface area (Å²) in [6.07, 6.45) is 5.16. The number of amides is 2. The maximum atomic E-state index is 13.1. The third kappa shape index (κ3) is 5.72. The number of hydrogen-bond acceptors (Lipinski definition) is 5. The van der Waals surface area contributed by atoms with E-state index in [4.69, 9.17) is 21.1 Å². The van der Waals surface area contributed by atoms with Gasteiger partial charge in [-0.2, -0.15) is 0 Å². The largest absolute Gasteiger partial charge is 0.477 e. The van der Waals surface area contributed by atoms with Crippen molar-refractivity contribution in [1.29, 1.82) is 0 Å². The zero-order valence-electron chi connectivity index (χ0n) is 20.8. The van der Waals surface area contributed by atoms with Gasteiger partial charge in [-0.25, -0.2) is 4.98 Å². The molecule has 2 fully saturated rings. The highest BCUT2D eigenvalue weighted by Gasteiger charge is 2.47. The van der Waals surface area contributed by atoms with Crippen molar-refractivity contribution in [1.82, 2.24) is 15.2 Å². The average molecular weight is 520 g/mol. The van der Waals surface area contributed by atoms with Crippen LogP contribution in [0.3, 0.4) is 0 Å². The van der Waals surface area contributed by atoms with Gasteiger partial charge >= 0.3 is 0 Å². The number of nitrogens with one attached hydrogen (secondary N) is 1. The number of pyridine rings is 1. The molecule has 1 aliphatic heterocycles. The molecule has 3 aromatic rings. The van der Waals surface area contributed by atoms with Crippen molar-refractivity contribution < 1.29 is 19.1 Å². The summed E-state index contributed by atoms with van der Waals surface area (Å²) in [5, 5.41) is 3.50. The van der Waals surface area contributed by atoms with Gasteiger partial charge in [-0.15, -0.1) is 0 Å². The number of carbonyl (C=O) groups is 2. The van der Waals surface area contributed by atoms with Crippen molar-refractivity contribution in [3.05, 3.63) is 83.0 Å². The van der Waals surface area contributed by atoms with Crippen LogP contribution in [0.4, 0.5) is 0 Å². The van der Waals surface area contributed by atoms with E-state index in [2.05, 4.69) is 10.3 Å². The van der Waals surface area contributed by atoms with Crippen molar-refractivity contribution in [2.24, 2.45) is 5.41 Å². The molecule has 2 aliphatic rings. The summed E-state index contributed by atoms with van der Waals surface area (Å²) in [5.74, 6) is 1.58. The summed E-state index contributed by atoms with van der Waals surface area (Å²) in [7, 11) is 0. The summed E-state index contributed by atoms with van der Waals surface area (Å²) in [4.78, 5) is 32.0. The van der Waals surface area contributed by atoms with Gasteiger partial charge in [0.1, 0.15) is 17.1 Å². The second-order valence-corrected chi connectivity index (χ2v) is 10.2. The predicted octanol–water partition coefficient (Wildman–Crippen LogP) is 5.74. The van der Waals surface area contributed by atoms with Crippen molar-refractivity contribution in [2.45, 2.75) is 38.6 Å². The standard InChI is InChI=1S/C29H30ClN3O4/c1-2-36-27-25(16-21(30)19-31-27)26(34)32-22-17-29(18-22)12-14-33(15-13-29)28(35)20-8-10-24(11-9-20)37-23-6-4-3-5-7-23/h3-11,16,19,22H,2,12-15,17-18H2,1H3,(H,32,34). The molecule has 37 heavy (non-hydrogen) atoms. The van der Waals surface area contributed by atoms with E-state index in [9.17, 15) is 9.59 Å². The van der Waals surface area contributed by atoms with Crippen molar-refractivity contribution >= 4 is 23.4 Å². The number of benzene rings is 2. The number of nitrogens with zero attached hydrogens (tertiary/aromatic N) is 2. The van der Waals surface area contributed by atoms with E-state index >= 15 is 0 Å². The van der Waals surface area contributed by atoms with Crippen molar-refractivity contribution in [3.8, 4) is 17.4 Å². The zero-order chi connectivity index (χ0) is 25.8. The first-order valence-corrected chi connectivity index (χ1v) is 13.0. The van der Waals surface area contributed by atoms with Gasteiger partial charge in [0, 0.05) is 30.9 Å². The van der Waals surface area contributed by atoms with Crippen LogP contribution in [0.5, 0.6) is 17.4 Å². The van der Waals surface area contributed by atoms with Gasteiger partial charge in [0.05, 0.1) is 11.6 Å². The molecule has 1 spiro atoms. The fourth-order valence-electron chi connectivity index (χ4n) is 5.26. The molecule has 7 nitrogen and oxygen atoms in total. The lowest BCUT2D eigenvalue weighted by Gasteiger charge is -2.52. The summed E-state index contributed by atoms with van der Waals surface area (Å²) in [6.45, 7) is 3.70. The first-order valence-electron chi connectivity index (χ1n) is 12.7. The topological polar surface area (TPSA) is 80.8 Å². The van der Waals surface area contributed by atoms with Crippen LogP contribution < -0.4 is 14.8 Å². The number of aromatic nitrogens is 1. The lowest BCUT2D eigenvalue weighted by Crippen LogP contribution is -2.55. The van der Waals surface area contributed by atoms with Gasteiger partial charge < -0.3 is 19.7 Å². The van der Waals surface area contributed by atoms with Gasteiger partial charge in [0.15, 0.2) is 0 Å². The maximum absolute atomic E-state index is 13.1. The minimum Gasteiger partial charge on any atom is -0.477 e. The lowest BCUT2D eigenvalue weighted by atomic mass is 9.60. The van der Waals surface area contributed by atoms with Crippen molar-refractivity contribution in [2.75, 3.05) is 19.7 Å². The summed E-state index contributed by atoms with van der Waals surface area (Å²) in [5.41, 5.74) is 1.20. The lowest BCUT2D eigenvalue weighted by molar-refractivity contribution is 0.00860. The van der Waals surface area contributed by atoms with Crippen LogP contribution in [0.2, 0.25) is 5.02 Å². The van der Waals surface area contributed by atoms with Gasteiger partial charge in [0.25, 0.3) is 11.8 Å². The molecule has 8 heteroatoms. The molecule has 1 N–H and O–H groups in total. The Kier molecular flexibility index (Phi) is 7.33. The molecular formula is C29H30ClN3O4. The number of piperidine rings is 1. The van der Waals surface area contributed by atoms with E-state index in [1.165, 1.54) is 6.20 Å². The van der Waals surface area contributed by atoms with E-state index in [0.717, 1.165) is 31.4 Å². The van der Waals surface area contributed by atoms with Crippen LogP contribution in [0.25, 0.3) is 0 Å². The highest BCUT2D eigenvalue weighted by molar-refractivity contribution is 6.30.